The summed E-state index contributed by atoms with van der Waals surface area (Å²) in [6, 6.07) is 9.36. The highest BCUT2D eigenvalue weighted by molar-refractivity contribution is 7.91. The molecule has 0 aliphatic rings. The second-order valence-electron chi connectivity index (χ2n) is 3.60. The number of fused-ring (bicyclic) bond motifs is 1. The van der Waals surface area contributed by atoms with Gasteiger partial charge in [0.25, 0.3) is 0 Å². The van der Waals surface area contributed by atoms with E-state index in [-0.39, 0.29) is 12.4 Å². The lowest BCUT2D eigenvalue weighted by Crippen LogP contribution is -2.29. The first-order chi connectivity index (χ1) is 8.13. The molecule has 0 fully saturated rings. The molecule has 0 atom stereocenters. The number of halogens is 1. The van der Waals surface area contributed by atoms with Gasteiger partial charge in [-0.05, 0) is 24.6 Å². The van der Waals surface area contributed by atoms with Crippen molar-refractivity contribution in [2.75, 3.05) is 20.1 Å². The van der Waals surface area contributed by atoms with Gasteiger partial charge < -0.3 is 5.32 Å². The Morgan fingerprint density at radius 3 is 2.61 bits per heavy atom. The molecule has 7 heteroatoms. The highest BCUT2D eigenvalue weighted by Gasteiger charge is 2.16. The molecule has 0 spiro atoms. The van der Waals surface area contributed by atoms with Gasteiger partial charge >= 0.3 is 0 Å². The van der Waals surface area contributed by atoms with Crippen LogP contribution < -0.4 is 10.0 Å². The molecule has 100 valence electrons. The summed E-state index contributed by atoms with van der Waals surface area (Å²) in [5.41, 5.74) is 0. The maximum absolute atomic E-state index is 11.9. The zero-order valence-corrected chi connectivity index (χ0v) is 12.3. The minimum absolute atomic E-state index is 0. The maximum atomic E-state index is 11.9. The molecule has 0 aliphatic heterocycles. The zero-order valence-electron chi connectivity index (χ0n) is 9.84. The molecular formula is C11H15ClN2O2S2. The van der Waals surface area contributed by atoms with Crippen LogP contribution in [0.4, 0.5) is 0 Å². The zero-order chi connectivity index (χ0) is 12.3. The Bertz CT molecular complexity index is 577. The molecule has 4 nitrogen and oxygen atoms in total. The van der Waals surface area contributed by atoms with E-state index < -0.39 is 10.0 Å². The van der Waals surface area contributed by atoms with Gasteiger partial charge in [-0.1, -0.05) is 18.2 Å². The molecule has 0 saturated heterocycles. The second kappa shape index (κ2) is 6.49. The lowest BCUT2D eigenvalue weighted by molar-refractivity contribution is 0.581. The molecule has 0 radical (unpaired) electrons. The normalized spacial score (nSPS) is 11.4. The predicted molar refractivity (Wildman–Crippen MR) is 78.2 cm³/mol. The monoisotopic (exact) mass is 306 g/mol. The summed E-state index contributed by atoms with van der Waals surface area (Å²) in [6.45, 7) is 1.01. The molecule has 0 bridgehead atoms. The lowest BCUT2D eigenvalue weighted by Gasteiger charge is -2.03. The van der Waals surface area contributed by atoms with Crippen LogP contribution in [0.5, 0.6) is 0 Å². The van der Waals surface area contributed by atoms with Crippen molar-refractivity contribution in [3.63, 3.8) is 0 Å². The summed E-state index contributed by atoms with van der Waals surface area (Å²) in [5, 5.41) is 3.86. The first kappa shape index (κ1) is 15.4. The maximum Gasteiger partial charge on any atom is 0.250 e. The Labute approximate surface area is 117 Å². The second-order valence-corrected chi connectivity index (χ2v) is 6.68. The van der Waals surface area contributed by atoms with Gasteiger partial charge in [-0.2, -0.15) is 0 Å². The summed E-state index contributed by atoms with van der Waals surface area (Å²) < 4.78 is 27.8. The fourth-order valence-corrected chi connectivity index (χ4v) is 3.95. The van der Waals surface area contributed by atoms with E-state index in [0.29, 0.717) is 17.3 Å². The van der Waals surface area contributed by atoms with Crippen LogP contribution in [-0.4, -0.2) is 28.6 Å². The molecule has 0 saturated carbocycles. The standard InChI is InChI=1S/C11H14N2O2S2.ClH/c1-12-6-7-13-17(14,15)11-8-9-4-2-3-5-10(9)16-11;/h2-5,8,12-13H,6-7H2,1H3;1H. The largest absolute Gasteiger partial charge is 0.318 e. The van der Waals surface area contributed by atoms with Gasteiger partial charge in [-0.25, -0.2) is 13.1 Å². The van der Waals surface area contributed by atoms with Gasteiger partial charge in [0, 0.05) is 17.8 Å². The molecule has 1 heterocycles. The van der Waals surface area contributed by atoms with Gasteiger partial charge in [0.1, 0.15) is 4.21 Å². The quantitative estimate of drug-likeness (QED) is 0.829. The molecule has 1 aromatic heterocycles. The average molecular weight is 307 g/mol. The number of hydrogen-bond donors (Lipinski definition) is 2. The average Bonchev–Trinajstić information content (AvgIpc) is 2.73. The lowest BCUT2D eigenvalue weighted by atomic mass is 10.3. The summed E-state index contributed by atoms with van der Waals surface area (Å²) in [5.74, 6) is 0. The fraction of sp³-hybridized carbons (Fsp3) is 0.273. The number of likely N-dealkylation sites (N-methyl/N-ethyl adjacent to an activating group) is 1. The van der Waals surface area contributed by atoms with Crippen molar-refractivity contribution in [2.45, 2.75) is 4.21 Å². The minimum atomic E-state index is -3.37. The number of thiophene rings is 1. The first-order valence-corrected chi connectivity index (χ1v) is 7.56. The molecule has 0 aliphatic carbocycles. The van der Waals surface area contributed by atoms with Gasteiger partial charge in [0.15, 0.2) is 0 Å². The summed E-state index contributed by atoms with van der Waals surface area (Å²) >= 11 is 1.29. The Hall–Kier alpha value is -0.660. The van der Waals surface area contributed by atoms with Crippen molar-refractivity contribution in [1.29, 1.82) is 0 Å². The van der Waals surface area contributed by atoms with E-state index in [9.17, 15) is 8.42 Å². The third-order valence-electron chi connectivity index (χ3n) is 2.33. The molecule has 2 aromatic rings. The predicted octanol–water partition coefficient (Wildman–Crippen LogP) is 1.82. The summed E-state index contributed by atoms with van der Waals surface area (Å²) in [4.78, 5) is 0. The number of nitrogens with one attached hydrogen (secondary N) is 2. The van der Waals surface area contributed by atoms with Crippen LogP contribution in [0, 0.1) is 0 Å². The Kier molecular flexibility index (Phi) is 5.55. The van der Waals surface area contributed by atoms with E-state index >= 15 is 0 Å². The van der Waals surface area contributed by atoms with Gasteiger partial charge in [-0.15, -0.1) is 23.7 Å². The number of sulfonamides is 1. The van der Waals surface area contributed by atoms with Gasteiger partial charge in [0.05, 0.1) is 0 Å². The Morgan fingerprint density at radius 1 is 1.22 bits per heavy atom. The van der Waals surface area contributed by atoms with Crippen LogP contribution in [0.2, 0.25) is 0 Å². The van der Waals surface area contributed by atoms with Crippen LogP contribution in [0.3, 0.4) is 0 Å². The molecule has 2 rings (SSSR count). The Balaban J connectivity index is 0.00000162. The van der Waals surface area contributed by atoms with Crippen LogP contribution in [0.1, 0.15) is 0 Å². The summed E-state index contributed by atoms with van der Waals surface area (Å²) in [7, 11) is -1.58. The molecule has 18 heavy (non-hydrogen) atoms. The van der Waals surface area contributed by atoms with Crippen molar-refractivity contribution in [1.82, 2.24) is 10.0 Å². The van der Waals surface area contributed by atoms with Crippen molar-refractivity contribution in [3.05, 3.63) is 30.3 Å². The van der Waals surface area contributed by atoms with E-state index in [1.807, 2.05) is 24.3 Å². The van der Waals surface area contributed by atoms with Crippen molar-refractivity contribution < 1.29 is 8.42 Å². The third-order valence-corrected chi connectivity index (χ3v) is 5.39. The molecule has 0 amide bonds. The van der Waals surface area contributed by atoms with Crippen LogP contribution in [0.15, 0.2) is 34.5 Å². The SMILES string of the molecule is CNCCNS(=O)(=O)c1cc2ccccc2s1.Cl. The van der Waals surface area contributed by atoms with Crippen molar-refractivity contribution in [2.24, 2.45) is 0 Å². The van der Waals surface area contributed by atoms with E-state index in [4.69, 9.17) is 0 Å². The van der Waals surface area contributed by atoms with E-state index in [1.54, 1.807) is 13.1 Å². The van der Waals surface area contributed by atoms with Crippen molar-refractivity contribution >= 4 is 43.9 Å². The highest BCUT2D eigenvalue weighted by atomic mass is 35.5. The van der Waals surface area contributed by atoms with E-state index in [2.05, 4.69) is 10.0 Å². The first-order valence-electron chi connectivity index (χ1n) is 5.26. The third kappa shape index (κ3) is 3.43. The highest BCUT2D eigenvalue weighted by Crippen LogP contribution is 2.28. The summed E-state index contributed by atoms with van der Waals surface area (Å²) in [6.07, 6.45) is 0. The number of hydrogen-bond acceptors (Lipinski definition) is 4. The Morgan fingerprint density at radius 2 is 1.94 bits per heavy atom. The van der Waals surface area contributed by atoms with Crippen LogP contribution in [0.25, 0.3) is 10.1 Å². The number of benzene rings is 1. The smallest absolute Gasteiger partial charge is 0.250 e. The van der Waals surface area contributed by atoms with E-state index in [1.165, 1.54) is 11.3 Å². The molecule has 2 N–H and O–H groups in total. The minimum Gasteiger partial charge on any atom is -0.318 e. The van der Waals surface area contributed by atoms with Crippen LogP contribution >= 0.6 is 23.7 Å². The topological polar surface area (TPSA) is 58.2 Å². The van der Waals surface area contributed by atoms with Crippen molar-refractivity contribution in [3.8, 4) is 0 Å². The fourth-order valence-electron chi connectivity index (χ4n) is 1.47. The van der Waals surface area contributed by atoms with Crippen LogP contribution in [-0.2, 0) is 10.0 Å². The van der Waals surface area contributed by atoms with Gasteiger partial charge in [0.2, 0.25) is 10.0 Å². The molecule has 0 unspecified atom stereocenters. The van der Waals surface area contributed by atoms with Gasteiger partial charge in [-0.3, -0.25) is 0 Å². The molecule has 1 aromatic carbocycles. The molecular weight excluding hydrogens is 292 g/mol. The number of rotatable bonds is 5. The van der Waals surface area contributed by atoms with E-state index in [0.717, 1.165) is 10.1 Å².